The van der Waals surface area contributed by atoms with Crippen molar-refractivity contribution in [3.05, 3.63) is 65.4 Å². The molecule has 0 N–H and O–H groups in total. The summed E-state index contributed by atoms with van der Waals surface area (Å²) in [5.41, 5.74) is 2.72. The molecule has 3 rings (SSSR count). The summed E-state index contributed by atoms with van der Waals surface area (Å²) < 4.78 is 21.0. The van der Waals surface area contributed by atoms with Gasteiger partial charge in [0.05, 0.1) is 17.6 Å². The molecule has 2 aromatic heterocycles. The Morgan fingerprint density at radius 2 is 2.04 bits per heavy atom. The zero-order chi connectivity index (χ0) is 17.6. The Balaban J connectivity index is 1.66. The van der Waals surface area contributed by atoms with Crippen molar-refractivity contribution in [2.24, 2.45) is 17.3 Å². The smallest absolute Gasteiger partial charge is 0.318 e. The Hall–Kier alpha value is -3.16. The third-order valence-electron chi connectivity index (χ3n) is 3.41. The van der Waals surface area contributed by atoms with Crippen LogP contribution < -0.4 is 4.74 Å². The van der Waals surface area contributed by atoms with Crippen LogP contribution >= 0.6 is 0 Å². The standard InChI is InChI=1S/C17H17FN6O/c1-12-8-14(24(2)23-12)9-20-22-16-15(18)10-19-17(21-16)25-11-13-6-4-3-5-7-13/h3-8,10H,9,11H2,1-2H3. The van der Waals surface area contributed by atoms with Crippen molar-refractivity contribution in [3.63, 3.8) is 0 Å². The van der Waals surface area contributed by atoms with Crippen molar-refractivity contribution in [1.29, 1.82) is 0 Å². The largest absolute Gasteiger partial charge is 0.459 e. The lowest BCUT2D eigenvalue weighted by atomic mass is 10.2. The molecule has 0 radical (unpaired) electrons. The molecule has 0 fully saturated rings. The summed E-state index contributed by atoms with van der Waals surface area (Å²) in [4.78, 5) is 7.77. The van der Waals surface area contributed by atoms with E-state index in [2.05, 4.69) is 25.3 Å². The molecule has 1 aromatic carbocycles. The maximum atomic E-state index is 13.8. The van der Waals surface area contributed by atoms with Gasteiger partial charge in [-0.15, -0.1) is 5.11 Å². The number of ether oxygens (including phenoxy) is 1. The Kier molecular flexibility index (Phi) is 5.08. The number of hydrogen-bond donors (Lipinski definition) is 0. The first kappa shape index (κ1) is 16.7. The van der Waals surface area contributed by atoms with Crippen LogP contribution in [0, 0.1) is 12.7 Å². The molecule has 0 unspecified atom stereocenters. The molecule has 0 spiro atoms. The lowest BCUT2D eigenvalue weighted by Gasteiger charge is -2.04. The number of hydrogen-bond acceptors (Lipinski definition) is 6. The molecule has 0 aliphatic rings. The average Bonchev–Trinajstić information content (AvgIpc) is 2.93. The van der Waals surface area contributed by atoms with E-state index in [9.17, 15) is 4.39 Å². The van der Waals surface area contributed by atoms with E-state index in [0.29, 0.717) is 0 Å². The zero-order valence-corrected chi connectivity index (χ0v) is 13.9. The van der Waals surface area contributed by atoms with Crippen molar-refractivity contribution in [1.82, 2.24) is 19.7 Å². The number of nitrogens with zero attached hydrogens (tertiary/aromatic N) is 6. The molecule has 128 valence electrons. The van der Waals surface area contributed by atoms with Gasteiger partial charge in [0.15, 0.2) is 5.82 Å². The average molecular weight is 340 g/mol. The predicted molar refractivity (Wildman–Crippen MR) is 88.9 cm³/mol. The van der Waals surface area contributed by atoms with Gasteiger partial charge in [0.2, 0.25) is 5.82 Å². The second-order valence-corrected chi connectivity index (χ2v) is 5.40. The maximum Gasteiger partial charge on any atom is 0.318 e. The van der Waals surface area contributed by atoms with Crippen LogP contribution in [0.4, 0.5) is 10.2 Å². The molecular formula is C17H17FN6O. The van der Waals surface area contributed by atoms with Gasteiger partial charge in [0, 0.05) is 7.05 Å². The molecule has 7 nitrogen and oxygen atoms in total. The van der Waals surface area contributed by atoms with E-state index in [1.807, 2.05) is 50.4 Å². The van der Waals surface area contributed by atoms with Gasteiger partial charge in [-0.2, -0.15) is 15.2 Å². The molecule has 0 saturated heterocycles. The first-order valence-corrected chi connectivity index (χ1v) is 7.68. The monoisotopic (exact) mass is 340 g/mol. The first-order chi connectivity index (χ1) is 12.1. The van der Waals surface area contributed by atoms with Crippen LogP contribution in [0.15, 0.2) is 52.8 Å². The van der Waals surface area contributed by atoms with E-state index in [1.165, 1.54) is 0 Å². The molecule has 3 aromatic rings. The van der Waals surface area contributed by atoms with Crippen molar-refractivity contribution >= 4 is 5.82 Å². The highest BCUT2D eigenvalue weighted by atomic mass is 19.1. The van der Waals surface area contributed by atoms with Gasteiger partial charge < -0.3 is 4.74 Å². The highest BCUT2D eigenvalue weighted by Crippen LogP contribution is 2.18. The minimum Gasteiger partial charge on any atom is -0.459 e. The molecule has 0 aliphatic heterocycles. The fourth-order valence-corrected chi connectivity index (χ4v) is 2.19. The summed E-state index contributed by atoms with van der Waals surface area (Å²) in [5.74, 6) is -0.811. The van der Waals surface area contributed by atoms with E-state index in [4.69, 9.17) is 4.74 Å². The van der Waals surface area contributed by atoms with E-state index >= 15 is 0 Å². The molecule has 0 bridgehead atoms. The summed E-state index contributed by atoms with van der Waals surface area (Å²) in [6, 6.07) is 11.5. The van der Waals surface area contributed by atoms with Crippen LogP contribution in [-0.4, -0.2) is 19.7 Å². The van der Waals surface area contributed by atoms with Crippen LogP contribution in [0.2, 0.25) is 0 Å². The number of halogens is 1. The van der Waals surface area contributed by atoms with Gasteiger partial charge in [0.1, 0.15) is 13.2 Å². The Morgan fingerprint density at radius 3 is 2.76 bits per heavy atom. The third-order valence-corrected chi connectivity index (χ3v) is 3.41. The van der Waals surface area contributed by atoms with Gasteiger partial charge in [-0.05, 0) is 18.6 Å². The molecule has 0 saturated carbocycles. The quantitative estimate of drug-likeness (QED) is 0.643. The molecule has 0 amide bonds. The van der Waals surface area contributed by atoms with E-state index in [0.717, 1.165) is 23.1 Å². The fraction of sp³-hybridized carbons (Fsp3) is 0.235. The van der Waals surface area contributed by atoms with E-state index in [-0.39, 0.29) is 25.0 Å². The van der Waals surface area contributed by atoms with E-state index < -0.39 is 5.82 Å². The number of azo groups is 1. The normalized spacial score (nSPS) is 11.2. The van der Waals surface area contributed by atoms with E-state index in [1.54, 1.807) is 4.68 Å². The van der Waals surface area contributed by atoms with Crippen LogP contribution in [-0.2, 0) is 20.2 Å². The minimum absolute atomic E-state index is 0.0515. The van der Waals surface area contributed by atoms with Crippen LogP contribution in [0.3, 0.4) is 0 Å². The lowest BCUT2D eigenvalue weighted by molar-refractivity contribution is 0.279. The van der Waals surface area contributed by atoms with Crippen molar-refractivity contribution in [3.8, 4) is 6.01 Å². The van der Waals surface area contributed by atoms with Crippen LogP contribution in [0.5, 0.6) is 6.01 Å². The summed E-state index contributed by atoms with van der Waals surface area (Å²) in [5, 5.41) is 12.0. The Morgan fingerprint density at radius 1 is 1.24 bits per heavy atom. The highest BCUT2D eigenvalue weighted by molar-refractivity contribution is 5.28. The number of benzene rings is 1. The number of rotatable bonds is 6. The Labute approximate surface area is 144 Å². The van der Waals surface area contributed by atoms with Gasteiger partial charge in [0.25, 0.3) is 0 Å². The van der Waals surface area contributed by atoms with Crippen LogP contribution in [0.1, 0.15) is 17.0 Å². The van der Waals surface area contributed by atoms with Gasteiger partial charge >= 0.3 is 6.01 Å². The Bertz CT molecular complexity index is 878. The minimum atomic E-state index is -0.656. The van der Waals surface area contributed by atoms with Crippen LogP contribution in [0.25, 0.3) is 0 Å². The molecule has 8 heteroatoms. The molecule has 0 aliphatic carbocycles. The summed E-state index contributed by atoms with van der Waals surface area (Å²) >= 11 is 0. The van der Waals surface area contributed by atoms with Crippen molar-refractivity contribution in [2.75, 3.05) is 0 Å². The summed E-state index contributed by atoms with van der Waals surface area (Å²) in [6.07, 6.45) is 1.02. The fourth-order valence-electron chi connectivity index (χ4n) is 2.19. The van der Waals surface area contributed by atoms with Gasteiger partial charge in [-0.3, -0.25) is 4.68 Å². The lowest BCUT2D eigenvalue weighted by Crippen LogP contribution is -2.00. The molecule has 0 atom stereocenters. The van der Waals surface area contributed by atoms with Crippen molar-refractivity contribution < 1.29 is 9.13 Å². The molecule has 2 heterocycles. The number of aromatic nitrogens is 4. The van der Waals surface area contributed by atoms with Gasteiger partial charge in [-0.1, -0.05) is 30.3 Å². The predicted octanol–water partition coefficient (Wildman–Crippen LogP) is 3.52. The molecule has 25 heavy (non-hydrogen) atoms. The second-order valence-electron chi connectivity index (χ2n) is 5.40. The second kappa shape index (κ2) is 7.61. The highest BCUT2D eigenvalue weighted by Gasteiger charge is 2.08. The topological polar surface area (TPSA) is 77.5 Å². The summed E-state index contributed by atoms with van der Waals surface area (Å²) in [6.45, 7) is 2.46. The first-order valence-electron chi connectivity index (χ1n) is 7.68. The SMILES string of the molecule is Cc1cc(CN=Nc2nc(OCc3ccccc3)ncc2F)n(C)n1. The van der Waals surface area contributed by atoms with Gasteiger partial charge in [-0.25, -0.2) is 9.37 Å². The molecular weight excluding hydrogens is 323 g/mol. The third kappa shape index (κ3) is 4.43. The number of aryl methyl sites for hydroxylation is 2. The summed E-state index contributed by atoms with van der Waals surface area (Å²) in [7, 11) is 1.82. The van der Waals surface area contributed by atoms with Crippen molar-refractivity contribution in [2.45, 2.75) is 20.1 Å². The maximum absolute atomic E-state index is 13.8. The zero-order valence-electron chi connectivity index (χ0n) is 13.9.